The Kier molecular flexibility index (Phi) is 4.24. The van der Waals surface area contributed by atoms with Gasteiger partial charge in [0, 0.05) is 23.9 Å². The lowest BCUT2D eigenvalue weighted by molar-refractivity contribution is 0.0664. The fourth-order valence-corrected chi connectivity index (χ4v) is 4.35. The number of rotatable bonds is 6. The van der Waals surface area contributed by atoms with E-state index in [4.69, 9.17) is 0 Å². The van der Waals surface area contributed by atoms with E-state index in [0.717, 1.165) is 29.5 Å². The lowest BCUT2D eigenvalue weighted by Crippen LogP contribution is -2.31. The third-order valence-corrected chi connectivity index (χ3v) is 5.95. The van der Waals surface area contributed by atoms with Crippen molar-refractivity contribution >= 4 is 23.6 Å². The van der Waals surface area contributed by atoms with Crippen LogP contribution < -0.4 is 0 Å². The summed E-state index contributed by atoms with van der Waals surface area (Å²) in [7, 11) is 0. The summed E-state index contributed by atoms with van der Waals surface area (Å²) in [5, 5.41) is 9.59. The molecule has 0 atom stereocenters. The fraction of sp³-hybridized carbons (Fsp3) is 0.238. The molecule has 2 amide bonds. The van der Waals surface area contributed by atoms with Crippen molar-refractivity contribution in [3.8, 4) is 5.69 Å². The Labute approximate surface area is 166 Å². The summed E-state index contributed by atoms with van der Waals surface area (Å²) in [5.41, 5.74) is 2.01. The molecule has 1 fully saturated rings. The first-order valence-corrected chi connectivity index (χ1v) is 10.3. The van der Waals surface area contributed by atoms with E-state index in [1.807, 2.05) is 30.3 Å². The molecule has 1 aromatic heterocycles. The van der Waals surface area contributed by atoms with E-state index >= 15 is 0 Å². The number of benzene rings is 2. The van der Waals surface area contributed by atoms with E-state index in [1.165, 1.54) is 16.7 Å². The summed E-state index contributed by atoms with van der Waals surface area (Å²) in [6.07, 6.45) is 2.29. The first-order chi connectivity index (χ1) is 13.7. The first kappa shape index (κ1) is 17.2. The van der Waals surface area contributed by atoms with Crippen LogP contribution in [0.3, 0.4) is 0 Å². The van der Waals surface area contributed by atoms with Crippen LogP contribution in [0.1, 0.15) is 45.3 Å². The fourth-order valence-electron chi connectivity index (χ4n) is 3.47. The number of hydrogen-bond acceptors (Lipinski definition) is 5. The molecule has 0 bridgehead atoms. The van der Waals surface area contributed by atoms with E-state index in [9.17, 15) is 9.59 Å². The highest BCUT2D eigenvalue weighted by Crippen LogP contribution is 2.41. The van der Waals surface area contributed by atoms with Crippen molar-refractivity contribution in [2.75, 3.05) is 12.3 Å². The lowest BCUT2D eigenvalue weighted by atomic mass is 10.1. The molecule has 0 unspecified atom stereocenters. The maximum atomic E-state index is 12.5. The standard InChI is InChI=1S/C21H18N4O2S/c26-19-16-8-4-5-9-17(16)20(27)24(19)12-13-28-21-23-22-18(14-10-11-14)25(21)15-6-2-1-3-7-15/h1-9,14H,10-13H2. The van der Waals surface area contributed by atoms with Gasteiger partial charge in [-0.25, -0.2) is 0 Å². The van der Waals surface area contributed by atoms with Gasteiger partial charge in [0.15, 0.2) is 5.16 Å². The average Bonchev–Trinajstić information content (AvgIpc) is 3.45. The molecule has 140 valence electrons. The number of carbonyl (C=O) groups is 2. The minimum absolute atomic E-state index is 0.218. The van der Waals surface area contributed by atoms with Crippen LogP contribution in [0.4, 0.5) is 0 Å². The van der Waals surface area contributed by atoms with Crippen LogP contribution in [0.5, 0.6) is 0 Å². The van der Waals surface area contributed by atoms with Crippen molar-refractivity contribution in [3.63, 3.8) is 0 Å². The molecule has 7 heteroatoms. The van der Waals surface area contributed by atoms with Gasteiger partial charge < -0.3 is 0 Å². The third-order valence-electron chi connectivity index (χ3n) is 5.04. The number of carbonyl (C=O) groups excluding carboxylic acids is 2. The molecule has 1 saturated carbocycles. The Balaban J connectivity index is 1.33. The van der Waals surface area contributed by atoms with Crippen molar-refractivity contribution < 1.29 is 9.59 Å². The molecule has 2 heterocycles. The maximum Gasteiger partial charge on any atom is 0.261 e. The Bertz CT molecular complexity index is 1020. The third kappa shape index (κ3) is 2.92. The Morgan fingerprint density at radius 1 is 0.893 bits per heavy atom. The number of para-hydroxylation sites is 1. The van der Waals surface area contributed by atoms with Gasteiger partial charge in [-0.15, -0.1) is 10.2 Å². The van der Waals surface area contributed by atoms with Gasteiger partial charge in [0.1, 0.15) is 5.82 Å². The van der Waals surface area contributed by atoms with Crippen molar-refractivity contribution in [1.29, 1.82) is 0 Å². The van der Waals surface area contributed by atoms with Gasteiger partial charge in [-0.1, -0.05) is 42.1 Å². The molecule has 0 radical (unpaired) electrons. The predicted molar refractivity (Wildman–Crippen MR) is 106 cm³/mol. The molecule has 1 aliphatic carbocycles. The van der Waals surface area contributed by atoms with Gasteiger partial charge in [0.05, 0.1) is 11.1 Å². The molecular weight excluding hydrogens is 372 g/mol. The molecule has 5 rings (SSSR count). The van der Waals surface area contributed by atoms with Gasteiger partial charge in [-0.3, -0.25) is 19.1 Å². The lowest BCUT2D eigenvalue weighted by Gasteiger charge is -2.14. The number of fused-ring (bicyclic) bond motifs is 1. The van der Waals surface area contributed by atoms with Gasteiger partial charge in [0.25, 0.3) is 11.8 Å². The van der Waals surface area contributed by atoms with Crippen molar-refractivity contribution in [3.05, 3.63) is 71.5 Å². The summed E-state index contributed by atoms with van der Waals surface area (Å²) in [5.74, 6) is 1.60. The van der Waals surface area contributed by atoms with Crippen molar-refractivity contribution in [2.24, 2.45) is 0 Å². The van der Waals surface area contributed by atoms with Crippen LogP contribution in [0.2, 0.25) is 0 Å². The number of hydrogen-bond donors (Lipinski definition) is 0. The Morgan fingerprint density at radius 2 is 1.54 bits per heavy atom. The second kappa shape index (κ2) is 6.91. The average molecular weight is 390 g/mol. The zero-order chi connectivity index (χ0) is 19.1. The van der Waals surface area contributed by atoms with E-state index < -0.39 is 0 Å². The summed E-state index contributed by atoms with van der Waals surface area (Å²) in [6, 6.07) is 17.0. The van der Waals surface area contributed by atoms with Gasteiger partial charge in [-0.2, -0.15) is 0 Å². The minimum atomic E-state index is -0.218. The maximum absolute atomic E-state index is 12.5. The van der Waals surface area contributed by atoms with Crippen LogP contribution in [-0.2, 0) is 0 Å². The van der Waals surface area contributed by atoms with Crippen LogP contribution in [0, 0.1) is 0 Å². The topological polar surface area (TPSA) is 68.1 Å². The van der Waals surface area contributed by atoms with E-state index in [1.54, 1.807) is 24.3 Å². The highest BCUT2D eigenvalue weighted by molar-refractivity contribution is 7.99. The second-order valence-corrected chi connectivity index (χ2v) is 8.00. The minimum Gasteiger partial charge on any atom is -0.274 e. The highest BCUT2D eigenvalue weighted by Gasteiger charge is 2.35. The smallest absolute Gasteiger partial charge is 0.261 e. The Morgan fingerprint density at radius 3 is 2.18 bits per heavy atom. The number of aromatic nitrogens is 3. The highest BCUT2D eigenvalue weighted by atomic mass is 32.2. The predicted octanol–water partition coefficient (Wildman–Crippen LogP) is 3.53. The molecule has 2 aromatic carbocycles. The molecule has 28 heavy (non-hydrogen) atoms. The molecule has 3 aromatic rings. The number of thioether (sulfide) groups is 1. The van der Waals surface area contributed by atoms with Crippen LogP contribution in [-0.4, -0.2) is 43.8 Å². The monoisotopic (exact) mass is 390 g/mol. The quantitative estimate of drug-likeness (QED) is 0.476. The number of nitrogens with zero attached hydrogens (tertiary/aromatic N) is 4. The summed E-state index contributed by atoms with van der Waals surface area (Å²) >= 11 is 1.52. The van der Waals surface area contributed by atoms with Crippen LogP contribution in [0.15, 0.2) is 59.8 Å². The van der Waals surface area contributed by atoms with Crippen LogP contribution >= 0.6 is 11.8 Å². The number of imide groups is 1. The summed E-state index contributed by atoms with van der Waals surface area (Å²) < 4.78 is 2.10. The molecule has 0 spiro atoms. The molecule has 1 aliphatic heterocycles. The Hall–Kier alpha value is -2.93. The molecule has 2 aliphatic rings. The normalized spacial score (nSPS) is 15.9. The molecular formula is C21H18N4O2S. The SMILES string of the molecule is O=C1c2ccccc2C(=O)N1CCSc1nnc(C2CC2)n1-c1ccccc1. The van der Waals surface area contributed by atoms with Crippen molar-refractivity contribution in [1.82, 2.24) is 19.7 Å². The van der Waals surface area contributed by atoms with E-state index in [0.29, 0.717) is 29.3 Å². The number of amides is 2. The summed E-state index contributed by atoms with van der Waals surface area (Å²) in [4.78, 5) is 26.3. The molecule has 0 saturated heterocycles. The van der Waals surface area contributed by atoms with Crippen molar-refractivity contribution in [2.45, 2.75) is 23.9 Å². The van der Waals surface area contributed by atoms with Crippen LogP contribution in [0.25, 0.3) is 5.69 Å². The second-order valence-electron chi connectivity index (χ2n) is 6.94. The molecule has 0 N–H and O–H groups in total. The van der Waals surface area contributed by atoms with Gasteiger partial charge in [0.2, 0.25) is 0 Å². The van der Waals surface area contributed by atoms with E-state index in [2.05, 4.69) is 14.8 Å². The van der Waals surface area contributed by atoms with Gasteiger partial charge >= 0.3 is 0 Å². The molecule has 6 nitrogen and oxygen atoms in total. The van der Waals surface area contributed by atoms with E-state index in [-0.39, 0.29) is 11.8 Å². The zero-order valence-corrected chi connectivity index (χ0v) is 15.9. The first-order valence-electron chi connectivity index (χ1n) is 9.33. The summed E-state index contributed by atoms with van der Waals surface area (Å²) in [6.45, 7) is 0.345. The largest absolute Gasteiger partial charge is 0.274 e. The van der Waals surface area contributed by atoms with Gasteiger partial charge in [-0.05, 0) is 37.1 Å². The zero-order valence-electron chi connectivity index (χ0n) is 15.1.